The molecule has 7 nitrogen and oxygen atoms in total. The largest absolute Gasteiger partial charge is 0.508 e. The first-order valence-electron chi connectivity index (χ1n) is 9.68. The molecule has 0 radical (unpaired) electrons. The molecule has 0 aliphatic carbocycles. The molecule has 29 heavy (non-hydrogen) atoms. The smallest absolute Gasteiger partial charge is 0.414 e. The second kappa shape index (κ2) is 8.43. The summed E-state index contributed by atoms with van der Waals surface area (Å²) in [5.41, 5.74) is 2.84. The van der Waals surface area contributed by atoms with Gasteiger partial charge in [-0.15, -0.1) is 0 Å². The zero-order chi connectivity index (χ0) is 21.0. The van der Waals surface area contributed by atoms with Crippen molar-refractivity contribution >= 4 is 23.5 Å². The number of phenolic OH excluding ortho intramolecular Hbond substituents is 1. The quantitative estimate of drug-likeness (QED) is 0.726. The highest BCUT2D eigenvalue weighted by Crippen LogP contribution is 2.34. The maximum absolute atomic E-state index is 12.4. The van der Waals surface area contributed by atoms with Crippen molar-refractivity contribution in [1.82, 2.24) is 5.32 Å². The van der Waals surface area contributed by atoms with Crippen LogP contribution in [0.5, 0.6) is 5.75 Å². The lowest BCUT2D eigenvalue weighted by atomic mass is 10.1. The number of phenols is 1. The first-order chi connectivity index (χ1) is 13.7. The number of benzene rings is 2. The van der Waals surface area contributed by atoms with E-state index in [9.17, 15) is 14.7 Å². The minimum atomic E-state index is -0.562. The average molecular weight is 397 g/mol. The van der Waals surface area contributed by atoms with Crippen molar-refractivity contribution in [2.45, 2.75) is 39.2 Å². The normalized spacial score (nSPS) is 13.0. The molecule has 3 N–H and O–H groups in total. The van der Waals surface area contributed by atoms with E-state index in [1.165, 1.54) is 0 Å². The van der Waals surface area contributed by atoms with E-state index in [1.54, 1.807) is 17.0 Å². The van der Waals surface area contributed by atoms with Gasteiger partial charge in [0.25, 0.3) is 0 Å². The summed E-state index contributed by atoms with van der Waals surface area (Å²) < 4.78 is 5.47. The van der Waals surface area contributed by atoms with Gasteiger partial charge in [-0.1, -0.05) is 18.2 Å². The minimum Gasteiger partial charge on any atom is -0.508 e. The standard InChI is InChI=1S/C22H27N3O4/c1-22(2,3)29-21(28)25-14-12-17-18(5-4-6-19(17)25)24-20(27)23-13-11-15-7-9-16(26)10-8-15/h4-10,26H,11-14H2,1-3H3,(H2,23,24,27). The van der Waals surface area contributed by atoms with Gasteiger partial charge < -0.3 is 20.5 Å². The van der Waals surface area contributed by atoms with Gasteiger partial charge in [0.05, 0.1) is 5.69 Å². The molecule has 2 aromatic rings. The Morgan fingerprint density at radius 3 is 2.55 bits per heavy atom. The number of nitrogens with one attached hydrogen (secondary N) is 2. The molecule has 2 aromatic carbocycles. The van der Waals surface area contributed by atoms with Crippen LogP contribution in [-0.4, -0.2) is 35.9 Å². The van der Waals surface area contributed by atoms with Gasteiger partial charge in [0, 0.05) is 24.3 Å². The number of carbonyl (C=O) groups is 2. The summed E-state index contributed by atoms with van der Waals surface area (Å²) in [5.74, 6) is 0.220. The van der Waals surface area contributed by atoms with Gasteiger partial charge in [0.2, 0.25) is 0 Å². The van der Waals surface area contributed by atoms with E-state index >= 15 is 0 Å². The van der Waals surface area contributed by atoms with E-state index in [0.717, 1.165) is 16.8 Å². The predicted octanol–water partition coefficient (Wildman–Crippen LogP) is 4.05. The van der Waals surface area contributed by atoms with E-state index in [-0.39, 0.29) is 17.9 Å². The zero-order valence-electron chi connectivity index (χ0n) is 17.0. The molecule has 1 heterocycles. The van der Waals surface area contributed by atoms with Gasteiger partial charge in [0.1, 0.15) is 11.4 Å². The van der Waals surface area contributed by atoms with Gasteiger partial charge in [0.15, 0.2) is 0 Å². The van der Waals surface area contributed by atoms with Crippen LogP contribution in [0, 0.1) is 0 Å². The minimum absolute atomic E-state index is 0.220. The molecule has 0 bridgehead atoms. The number of rotatable bonds is 4. The highest BCUT2D eigenvalue weighted by Gasteiger charge is 2.30. The highest BCUT2D eigenvalue weighted by atomic mass is 16.6. The second-order valence-electron chi connectivity index (χ2n) is 7.98. The third kappa shape index (κ3) is 5.40. The Hall–Kier alpha value is -3.22. The molecule has 0 saturated carbocycles. The van der Waals surface area contributed by atoms with E-state index < -0.39 is 5.60 Å². The fraction of sp³-hybridized carbons (Fsp3) is 0.364. The molecular weight excluding hydrogens is 370 g/mol. The van der Waals surface area contributed by atoms with Gasteiger partial charge in [-0.3, -0.25) is 4.90 Å². The molecule has 3 rings (SSSR count). The lowest BCUT2D eigenvalue weighted by Gasteiger charge is -2.24. The number of hydrogen-bond donors (Lipinski definition) is 3. The molecule has 0 fully saturated rings. The summed E-state index contributed by atoms with van der Waals surface area (Å²) in [6.45, 7) is 6.49. The Morgan fingerprint density at radius 1 is 1.14 bits per heavy atom. The van der Waals surface area contributed by atoms with Gasteiger partial charge in [-0.2, -0.15) is 0 Å². The number of hydrogen-bond acceptors (Lipinski definition) is 4. The fourth-order valence-corrected chi connectivity index (χ4v) is 3.21. The van der Waals surface area contributed by atoms with Crippen molar-refractivity contribution in [3.63, 3.8) is 0 Å². The van der Waals surface area contributed by atoms with Crippen LogP contribution in [0.3, 0.4) is 0 Å². The van der Waals surface area contributed by atoms with Crippen molar-refractivity contribution in [2.24, 2.45) is 0 Å². The molecule has 0 atom stereocenters. The van der Waals surface area contributed by atoms with Crippen LogP contribution in [0.4, 0.5) is 21.0 Å². The molecule has 0 saturated heterocycles. The molecular formula is C22H27N3O4. The summed E-state index contributed by atoms with van der Waals surface area (Å²) in [4.78, 5) is 26.3. The van der Waals surface area contributed by atoms with E-state index in [2.05, 4.69) is 10.6 Å². The highest BCUT2D eigenvalue weighted by molar-refractivity contribution is 5.96. The molecule has 1 aliphatic heterocycles. The van der Waals surface area contributed by atoms with E-state index in [4.69, 9.17) is 4.74 Å². The Morgan fingerprint density at radius 2 is 1.86 bits per heavy atom. The maximum atomic E-state index is 12.4. The van der Waals surface area contributed by atoms with Crippen LogP contribution in [0.25, 0.3) is 0 Å². The third-order valence-electron chi connectivity index (χ3n) is 4.53. The zero-order valence-corrected chi connectivity index (χ0v) is 17.0. The fourth-order valence-electron chi connectivity index (χ4n) is 3.21. The summed E-state index contributed by atoms with van der Waals surface area (Å²) in [5, 5.41) is 15.0. The third-order valence-corrected chi connectivity index (χ3v) is 4.53. The topological polar surface area (TPSA) is 90.9 Å². The van der Waals surface area contributed by atoms with Crippen LogP contribution in [0.15, 0.2) is 42.5 Å². The molecule has 0 spiro atoms. The number of carbonyl (C=O) groups excluding carboxylic acids is 2. The molecule has 3 amide bonds. The monoisotopic (exact) mass is 397 g/mol. The number of aromatic hydroxyl groups is 1. The van der Waals surface area contributed by atoms with Gasteiger partial charge in [-0.05, 0) is 63.4 Å². The molecule has 1 aliphatic rings. The maximum Gasteiger partial charge on any atom is 0.414 e. The number of anilines is 2. The number of amides is 3. The lowest BCUT2D eigenvalue weighted by Crippen LogP contribution is -2.35. The van der Waals surface area contributed by atoms with Gasteiger partial charge in [-0.25, -0.2) is 9.59 Å². The van der Waals surface area contributed by atoms with Crippen LogP contribution < -0.4 is 15.5 Å². The summed E-state index contributed by atoms with van der Waals surface area (Å²) >= 11 is 0. The molecule has 0 unspecified atom stereocenters. The van der Waals surface area contributed by atoms with Crippen LogP contribution in [0.2, 0.25) is 0 Å². The first-order valence-corrected chi connectivity index (χ1v) is 9.68. The second-order valence-corrected chi connectivity index (χ2v) is 7.98. The van der Waals surface area contributed by atoms with Gasteiger partial charge >= 0.3 is 12.1 Å². The van der Waals surface area contributed by atoms with Crippen LogP contribution >= 0.6 is 0 Å². The average Bonchev–Trinajstić information content (AvgIpc) is 3.07. The SMILES string of the molecule is CC(C)(C)OC(=O)N1CCc2c(NC(=O)NCCc3ccc(O)cc3)cccc21. The molecule has 0 aromatic heterocycles. The van der Waals surface area contributed by atoms with Crippen molar-refractivity contribution in [3.8, 4) is 5.75 Å². The Balaban J connectivity index is 1.59. The van der Waals surface area contributed by atoms with Crippen molar-refractivity contribution in [1.29, 1.82) is 0 Å². The Bertz CT molecular complexity index is 888. The van der Waals surface area contributed by atoms with E-state index in [0.29, 0.717) is 31.6 Å². The summed E-state index contributed by atoms with van der Waals surface area (Å²) in [6.07, 6.45) is 0.928. The number of ether oxygens (including phenoxy) is 1. The number of urea groups is 1. The van der Waals surface area contributed by atoms with Crippen molar-refractivity contribution in [3.05, 3.63) is 53.6 Å². The van der Waals surface area contributed by atoms with Crippen molar-refractivity contribution in [2.75, 3.05) is 23.3 Å². The summed E-state index contributed by atoms with van der Waals surface area (Å²) in [7, 11) is 0. The predicted molar refractivity (Wildman–Crippen MR) is 113 cm³/mol. The first kappa shape index (κ1) is 20.5. The summed E-state index contributed by atoms with van der Waals surface area (Å²) in [6, 6.07) is 12.1. The van der Waals surface area contributed by atoms with Crippen LogP contribution in [0.1, 0.15) is 31.9 Å². The lowest BCUT2D eigenvalue weighted by molar-refractivity contribution is 0.0584. The number of nitrogens with zero attached hydrogens (tertiary/aromatic N) is 1. The molecule has 7 heteroatoms. The van der Waals surface area contributed by atoms with Crippen molar-refractivity contribution < 1.29 is 19.4 Å². The number of fused-ring (bicyclic) bond motifs is 1. The van der Waals surface area contributed by atoms with Crippen LogP contribution in [-0.2, 0) is 17.6 Å². The molecule has 154 valence electrons. The Labute approximate surface area is 170 Å². The van der Waals surface area contributed by atoms with E-state index in [1.807, 2.05) is 51.1 Å². The Kier molecular flexibility index (Phi) is 5.96.